The molecule has 6 nitrogen and oxygen atoms in total. The van der Waals surface area contributed by atoms with E-state index in [4.69, 9.17) is 16.3 Å². The second-order valence-electron chi connectivity index (χ2n) is 4.92. The van der Waals surface area contributed by atoms with Gasteiger partial charge in [0, 0.05) is 25.6 Å². The summed E-state index contributed by atoms with van der Waals surface area (Å²) in [6, 6.07) is -0.236. The molecule has 1 unspecified atom stereocenters. The number of ether oxygens (including phenoxy) is 1. The van der Waals surface area contributed by atoms with E-state index < -0.39 is 10.0 Å². The number of aromatic nitrogens is 2. The van der Waals surface area contributed by atoms with Gasteiger partial charge in [0.15, 0.2) is 0 Å². The molecule has 0 spiro atoms. The predicted molar refractivity (Wildman–Crippen MR) is 83.3 cm³/mol. The van der Waals surface area contributed by atoms with Crippen molar-refractivity contribution in [3.8, 4) is 0 Å². The second-order valence-corrected chi connectivity index (χ2v) is 7.13. The molecular weight excluding hydrogens is 314 g/mol. The van der Waals surface area contributed by atoms with E-state index in [0.717, 1.165) is 0 Å². The lowest BCUT2D eigenvalue weighted by Gasteiger charge is -2.26. The molecule has 8 heteroatoms. The fraction of sp³-hybridized carbons (Fsp3) is 0.769. The van der Waals surface area contributed by atoms with Crippen molar-refractivity contribution in [1.29, 1.82) is 0 Å². The Balaban J connectivity index is 3.29. The molecule has 1 heterocycles. The van der Waals surface area contributed by atoms with Crippen molar-refractivity contribution < 1.29 is 13.2 Å². The first-order valence-electron chi connectivity index (χ1n) is 6.91. The van der Waals surface area contributed by atoms with Crippen molar-refractivity contribution >= 4 is 21.6 Å². The number of aryl methyl sites for hydroxylation is 2. The number of likely N-dealkylation sites (N-methyl/N-ethyl adjacent to an activating group) is 1. The lowest BCUT2D eigenvalue weighted by Crippen LogP contribution is -2.41. The summed E-state index contributed by atoms with van der Waals surface area (Å²) in [6.45, 7) is 8.33. The lowest BCUT2D eigenvalue weighted by molar-refractivity contribution is 0.142. The SMILES string of the molecule is CCN(C(C)COC)S(=O)(=O)c1c(C)nn(CCCl)c1C. The van der Waals surface area contributed by atoms with E-state index in [1.54, 1.807) is 25.6 Å². The third-order valence-electron chi connectivity index (χ3n) is 3.39. The zero-order valence-corrected chi connectivity index (χ0v) is 14.8. The van der Waals surface area contributed by atoms with Crippen molar-refractivity contribution in [1.82, 2.24) is 14.1 Å². The molecule has 21 heavy (non-hydrogen) atoms. The smallest absolute Gasteiger partial charge is 0.247 e. The Morgan fingerprint density at radius 2 is 2.05 bits per heavy atom. The van der Waals surface area contributed by atoms with Gasteiger partial charge < -0.3 is 4.74 Å². The van der Waals surface area contributed by atoms with E-state index in [2.05, 4.69) is 5.10 Å². The molecule has 0 aliphatic rings. The third-order valence-corrected chi connectivity index (χ3v) is 5.90. The zero-order valence-electron chi connectivity index (χ0n) is 13.3. The van der Waals surface area contributed by atoms with Gasteiger partial charge in [0.25, 0.3) is 0 Å². The van der Waals surface area contributed by atoms with Gasteiger partial charge in [-0.25, -0.2) is 8.42 Å². The van der Waals surface area contributed by atoms with Gasteiger partial charge in [0.05, 0.1) is 24.5 Å². The molecule has 0 saturated carbocycles. The Morgan fingerprint density at radius 3 is 2.52 bits per heavy atom. The molecule has 0 saturated heterocycles. The van der Waals surface area contributed by atoms with Crippen molar-refractivity contribution in [3.05, 3.63) is 11.4 Å². The van der Waals surface area contributed by atoms with Crippen LogP contribution in [0.3, 0.4) is 0 Å². The van der Waals surface area contributed by atoms with Gasteiger partial charge in [-0.3, -0.25) is 4.68 Å². The first-order valence-corrected chi connectivity index (χ1v) is 8.89. The van der Waals surface area contributed by atoms with Gasteiger partial charge in [-0.1, -0.05) is 6.92 Å². The molecule has 1 aromatic heterocycles. The summed E-state index contributed by atoms with van der Waals surface area (Å²) in [7, 11) is -2.04. The minimum Gasteiger partial charge on any atom is -0.383 e. The van der Waals surface area contributed by atoms with Gasteiger partial charge in [-0.05, 0) is 20.8 Å². The highest BCUT2D eigenvalue weighted by atomic mass is 35.5. The Hall–Kier alpha value is -0.630. The Labute approximate surface area is 132 Å². The molecule has 1 atom stereocenters. The van der Waals surface area contributed by atoms with Crippen molar-refractivity contribution in [3.63, 3.8) is 0 Å². The van der Waals surface area contributed by atoms with Gasteiger partial charge in [0.1, 0.15) is 4.90 Å². The van der Waals surface area contributed by atoms with Crippen LogP contribution >= 0.6 is 11.6 Å². The number of methoxy groups -OCH3 is 1. The quantitative estimate of drug-likeness (QED) is 0.678. The van der Waals surface area contributed by atoms with Crippen molar-refractivity contribution in [2.45, 2.75) is 45.2 Å². The average Bonchev–Trinajstić information content (AvgIpc) is 2.66. The number of sulfonamides is 1. The first kappa shape index (κ1) is 18.4. The summed E-state index contributed by atoms with van der Waals surface area (Å²) in [4.78, 5) is 0.275. The van der Waals surface area contributed by atoms with E-state index in [1.807, 2.05) is 13.8 Å². The molecule has 0 bridgehead atoms. The van der Waals surface area contributed by atoms with Crippen LogP contribution < -0.4 is 0 Å². The number of rotatable bonds is 8. The molecule has 0 aliphatic carbocycles. The highest BCUT2D eigenvalue weighted by Crippen LogP contribution is 2.25. The highest BCUT2D eigenvalue weighted by molar-refractivity contribution is 7.89. The lowest BCUT2D eigenvalue weighted by atomic mass is 10.3. The largest absolute Gasteiger partial charge is 0.383 e. The summed E-state index contributed by atoms with van der Waals surface area (Å²) in [6.07, 6.45) is 0. The Bertz CT molecular complexity index is 571. The molecule has 0 aliphatic heterocycles. The van der Waals surface area contributed by atoms with E-state index in [9.17, 15) is 8.42 Å². The van der Waals surface area contributed by atoms with E-state index in [-0.39, 0.29) is 10.9 Å². The third kappa shape index (κ3) is 3.77. The number of hydrogen-bond donors (Lipinski definition) is 0. The van der Waals surface area contributed by atoms with Crippen LogP contribution in [0.15, 0.2) is 4.90 Å². The molecule has 0 aromatic carbocycles. The van der Waals surface area contributed by atoms with Crippen LogP contribution in [-0.4, -0.2) is 54.7 Å². The highest BCUT2D eigenvalue weighted by Gasteiger charge is 2.32. The monoisotopic (exact) mass is 337 g/mol. The van der Waals surface area contributed by atoms with E-state index in [0.29, 0.717) is 37.0 Å². The number of alkyl halides is 1. The fourth-order valence-corrected chi connectivity index (χ4v) is 4.67. The van der Waals surface area contributed by atoms with Gasteiger partial charge in [-0.15, -0.1) is 11.6 Å². The number of halogens is 1. The second kappa shape index (κ2) is 7.58. The molecule has 0 amide bonds. The van der Waals surface area contributed by atoms with Crippen LogP contribution in [0.2, 0.25) is 0 Å². The standard InChI is InChI=1S/C13H24ClN3O3S/c1-6-17(10(2)9-20-5)21(18,19)13-11(3)15-16(8-7-14)12(13)4/h10H,6-9H2,1-5H3. The summed E-state index contributed by atoms with van der Waals surface area (Å²) in [5.41, 5.74) is 1.12. The van der Waals surface area contributed by atoms with Crippen molar-refractivity contribution in [2.75, 3.05) is 26.1 Å². The molecule has 122 valence electrons. The maximum absolute atomic E-state index is 12.9. The van der Waals surface area contributed by atoms with E-state index >= 15 is 0 Å². The van der Waals surface area contributed by atoms with Crippen LogP contribution in [-0.2, 0) is 21.3 Å². The first-order chi connectivity index (χ1) is 9.81. The number of hydrogen-bond acceptors (Lipinski definition) is 4. The fourth-order valence-electron chi connectivity index (χ4n) is 2.51. The molecular formula is C13H24ClN3O3S. The predicted octanol–water partition coefficient (Wildman–Crippen LogP) is 1.78. The summed E-state index contributed by atoms with van der Waals surface area (Å²) >= 11 is 5.73. The molecule has 0 N–H and O–H groups in total. The van der Waals surface area contributed by atoms with Gasteiger partial charge in [0.2, 0.25) is 10.0 Å². The Kier molecular flexibility index (Phi) is 6.65. The topological polar surface area (TPSA) is 64.4 Å². The summed E-state index contributed by atoms with van der Waals surface area (Å²) in [5, 5.41) is 4.28. The maximum atomic E-state index is 12.9. The van der Waals surface area contributed by atoms with Crippen LogP contribution in [0.5, 0.6) is 0 Å². The minimum atomic E-state index is -3.60. The molecule has 1 rings (SSSR count). The van der Waals surface area contributed by atoms with Gasteiger partial charge in [-0.2, -0.15) is 9.40 Å². The van der Waals surface area contributed by atoms with Crippen LogP contribution in [0.1, 0.15) is 25.2 Å². The van der Waals surface area contributed by atoms with Crippen molar-refractivity contribution in [2.24, 2.45) is 0 Å². The summed E-state index contributed by atoms with van der Waals surface area (Å²) < 4.78 is 34.0. The van der Waals surface area contributed by atoms with Crippen LogP contribution in [0, 0.1) is 13.8 Å². The van der Waals surface area contributed by atoms with Gasteiger partial charge >= 0.3 is 0 Å². The molecule has 1 aromatic rings. The molecule has 0 fully saturated rings. The Morgan fingerprint density at radius 1 is 1.43 bits per heavy atom. The maximum Gasteiger partial charge on any atom is 0.247 e. The molecule has 0 radical (unpaired) electrons. The van der Waals surface area contributed by atoms with E-state index in [1.165, 1.54) is 4.31 Å². The zero-order chi connectivity index (χ0) is 16.2. The summed E-state index contributed by atoms with van der Waals surface area (Å²) in [5.74, 6) is 0.388. The van der Waals surface area contributed by atoms with Crippen LogP contribution in [0.25, 0.3) is 0 Å². The van der Waals surface area contributed by atoms with Crippen LogP contribution in [0.4, 0.5) is 0 Å². The normalized spacial score (nSPS) is 13.9. The average molecular weight is 338 g/mol. The number of nitrogens with zero attached hydrogens (tertiary/aromatic N) is 3. The minimum absolute atomic E-state index is 0.236.